The van der Waals surface area contributed by atoms with Gasteiger partial charge in [0.05, 0.1) is 6.42 Å². The first-order valence-electron chi connectivity index (χ1n) is 5.27. The van der Waals surface area contributed by atoms with Gasteiger partial charge in [0.1, 0.15) is 6.61 Å². The van der Waals surface area contributed by atoms with E-state index in [0.29, 0.717) is 13.0 Å². The summed E-state index contributed by atoms with van der Waals surface area (Å²) in [6, 6.07) is 0. The van der Waals surface area contributed by atoms with E-state index in [-0.39, 0.29) is 5.97 Å². The van der Waals surface area contributed by atoms with Crippen LogP contribution in [-0.2, 0) is 9.53 Å². The van der Waals surface area contributed by atoms with Crippen LogP contribution >= 0.6 is 22.6 Å². The van der Waals surface area contributed by atoms with E-state index in [1.54, 1.807) is 0 Å². The van der Waals surface area contributed by atoms with Crippen LogP contribution in [-0.4, -0.2) is 41.5 Å². The molecule has 0 bridgehead atoms. The van der Waals surface area contributed by atoms with Crippen LogP contribution in [0.1, 0.15) is 25.7 Å². The highest BCUT2D eigenvalue weighted by molar-refractivity contribution is 14.1. The van der Waals surface area contributed by atoms with E-state index < -0.39 is 0 Å². The van der Waals surface area contributed by atoms with Crippen LogP contribution in [0.3, 0.4) is 0 Å². The number of nitrogens with zero attached hydrogens (tertiary/aromatic N) is 1. The molecule has 0 amide bonds. The molecule has 1 saturated heterocycles. The van der Waals surface area contributed by atoms with Crippen molar-refractivity contribution in [1.29, 1.82) is 0 Å². The third-order valence-electron chi connectivity index (χ3n) is 2.42. The van der Waals surface area contributed by atoms with Gasteiger partial charge in [-0.15, -0.1) is 0 Å². The van der Waals surface area contributed by atoms with E-state index in [1.165, 1.54) is 32.4 Å². The summed E-state index contributed by atoms with van der Waals surface area (Å²) >= 11 is 2.19. The van der Waals surface area contributed by atoms with Crippen molar-refractivity contribution in [2.45, 2.75) is 25.7 Å². The van der Waals surface area contributed by atoms with Crippen molar-refractivity contribution in [2.75, 3.05) is 30.7 Å². The van der Waals surface area contributed by atoms with Gasteiger partial charge in [0, 0.05) is 11.0 Å². The van der Waals surface area contributed by atoms with E-state index >= 15 is 0 Å². The highest BCUT2D eigenvalue weighted by Crippen LogP contribution is 2.07. The third-order valence-corrected chi connectivity index (χ3v) is 2.96. The molecule has 1 fully saturated rings. The maximum atomic E-state index is 11.0. The molecular weight excluding hydrogens is 293 g/mol. The first-order chi connectivity index (χ1) is 6.83. The molecule has 3 nitrogen and oxygen atoms in total. The van der Waals surface area contributed by atoms with Gasteiger partial charge in [-0.1, -0.05) is 29.0 Å². The summed E-state index contributed by atoms with van der Waals surface area (Å²) in [6.45, 7) is 3.82. The van der Waals surface area contributed by atoms with Crippen molar-refractivity contribution < 1.29 is 9.53 Å². The molecule has 1 aliphatic rings. The van der Waals surface area contributed by atoms with Crippen LogP contribution < -0.4 is 0 Å². The molecule has 1 heterocycles. The van der Waals surface area contributed by atoms with Gasteiger partial charge in [-0.05, 0) is 25.9 Å². The first kappa shape index (κ1) is 12.2. The molecular formula is C10H18INO2. The molecule has 0 spiro atoms. The highest BCUT2D eigenvalue weighted by Gasteiger charge is 2.10. The Kier molecular flexibility index (Phi) is 6.51. The predicted molar refractivity (Wildman–Crippen MR) is 64.8 cm³/mol. The van der Waals surface area contributed by atoms with Crippen LogP contribution in [0.5, 0.6) is 0 Å². The second kappa shape index (κ2) is 7.45. The lowest BCUT2D eigenvalue weighted by molar-refractivity contribution is -0.143. The van der Waals surface area contributed by atoms with Crippen LogP contribution in [0.2, 0.25) is 0 Å². The molecule has 0 aromatic carbocycles. The number of carbonyl (C=O) groups excluding carboxylic acids is 1. The number of rotatable bonds is 5. The number of hydrogen-bond donors (Lipinski definition) is 0. The van der Waals surface area contributed by atoms with Crippen LogP contribution in [0.4, 0.5) is 0 Å². The molecule has 0 atom stereocenters. The zero-order valence-corrected chi connectivity index (χ0v) is 10.7. The van der Waals surface area contributed by atoms with Gasteiger partial charge in [-0.3, -0.25) is 9.69 Å². The van der Waals surface area contributed by atoms with Gasteiger partial charge in [0.25, 0.3) is 0 Å². The van der Waals surface area contributed by atoms with Crippen LogP contribution in [0.15, 0.2) is 0 Å². The fraction of sp³-hybridized carbons (Fsp3) is 0.900. The summed E-state index contributed by atoms with van der Waals surface area (Å²) in [4.78, 5) is 13.4. The van der Waals surface area contributed by atoms with E-state index in [2.05, 4.69) is 27.5 Å². The van der Waals surface area contributed by atoms with Gasteiger partial charge in [-0.2, -0.15) is 0 Å². The second-order valence-electron chi connectivity index (χ2n) is 3.56. The Labute approximate surface area is 99.3 Å². The molecule has 14 heavy (non-hydrogen) atoms. The van der Waals surface area contributed by atoms with Crippen molar-refractivity contribution >= 4 is 28.6 Å². The SMILES string of the molecule is O=C(CCI)OCCN1CCCCC1. The summed E-state index contributed by atoms with van der Waals surface area (Å²) in [5.74, 6) is -0.0589. The van der Waals surface area contributed by atoms with Gasteiger partial charge in [-0.25, -0.2) is 0 Å². The van der Waals surface area contributed by atoms with Gasteiger partial charge in [0.15, 0.2) is 0 Å². The molecule has 82 valence electrons. The predicted octanol–water partition coefficient (Wildman–Crippen LogP) is 1.84. The normalized spacial score (nSPS) is 18.1. The molecule has 1 rings (SSSR count). The lowest BCUT2D eigenvalue weighted by Gasteiger charge is -2.25. The number of ether oxygens (including phenoxy) is 1. The summed E-state index contributed by atoms with van der Waals surface area (Å²) < 4.78 is 5.95. The Balaban J connectivity index is 1.99. The van der Waals surface area contributed by atoms with E-state index in [9.17, 15) is 4.79 Å². The Morgan fingerprint density at radius 2 is 2.00 bits per heavy atom. The number of alkyl halides is 1. The lowest BCUT2D eigenvalue weighted by Crippen LogP contribution is -2.33. The fourth-order valence-electron chi connectivity index (χ4n) is 1.62. The standard InChI is InChI=1S/C10H18INO2/c11-5-4-10(13)14-9-8-12-6-2-1-3-7-12/h1-9H2. The minimum absolute atomic E-state index is 0.0589. The van der Waals surface area contributed by atoms with Crippen molar-refractivity contribution in [2.24, 2.45) is 0 Å². The number of halogens is 1. The van der Waals surface area contributed by atoms with Crippen LogP contribution in [0.25, 0.3) is 0 Å². The van der Waals surface area contributed by atoms with E-state index in [1.807, 2.05) is 0 Å². The van der Waals surface area contributed by atoms with Crippen molar-refractivity contribution in [1.82, 2.24) is 4.90 Å². The average Bonchev–Trinajstić information content (AvgIpc) is 2.20. The Morgan fingerprint density at radius 3 is 2.64 bits per heavy atom. The summed E-state index contributed by atoms with van der Waals surface area (Å²) in [7, 11) is 0. The second-order valence-corrected chi connectivity index (χ2v) is 4.64. The molecule has 0 saturated carbocycles. The smallest absolute Gasteiger partial charge is 0.306 e. The number of likely N-dealkylation sites (tertiary alicyclic amines) is 1. The third kappa shape index (κ3) is 5.14. The molecule has 0 unspecified atom stereocenters. The van der Waals surface area contributed by atoms with Crippen molar-refractivity contribution in [3.8, 4) is 0 Å². The molecule has 1 aliphatic heterocycles. The molecule has 0 radical (unpaired) electrons. The summed E-state index contributed by atoms with van der Waals surface area (Å²) in [6.07, 6.45) is 4.48. The number of hydrogen-bond acceptors (Lipinski definition) is 3. The fourth-order valence-corrected chi connectivity index (χ4v) is 2.06. The molecule has 0 aromatic rings. The topological polar surface area (TPSA) is 29.5 Å². The largest absolute Gasteiger partial charge is 0.464 e. The maximum Gasteiger partial charge on any atom is 0.306 e. The number of piperidine rings is 1. The molecule has 0 aromatic heterocycles. The van der Waals surface area contributed by atoms with Crippen molar-refractivity contribution in [3.05, 3.63) is 0 Å². The average molecular weight is 311 g/mol. The number of carbonyl (C=O) groups is 1. The molecule has 4 heteroatoms. The molecule has 0 N–H and O–H groups in total. The first-order valence-corrected chi connectivity index (χ1v) is 6.79. The number of esters is 1. The van der Waals surface area contributed by atoms with E-state index in [4.69, 9.17) is 4.74 Å². The van der Waals surface area contributed by atoms with Crippen LogP contribution in [0, 0.1) is 0 Å². The minimum atomic E-state index is -0.0589. The maximum absolute atomic E-state index is 11.0. The monoisotopic (exact) mass is 311 g/mol. The quantitative estimate of drug-likeness (QED) is 0.441. The van der Waals surface area contributed by atoms with Gasteiger partial charge < -0.3 is 4.74 Å². The zero-order valence-electron chi connectivity index (χ0n) is 8.51. The summed E-state index contributed by atoms with van der Waals surface area (Å²) in [5, 5.41) is 0. The van der Waals surface area contributed by atoms with E-state index in [0.717, 1.165) is 11.0 Å². The highest BCUT2D eigenvalue weighted by atomic mass is 127. The lowest BCUT2D eigenvalue weighted by atomic mass is 10.1. The van der Waals surface area contributed by atoms with Gasteiger partial charge in [0.2, 0.25) is 0 Å². The Bertz CT molecular complexity index is 170. The Hall–Kier alpha value is 0.160. The summed E-state index contributed by atoms with van der Waals surface area (Å²) in [5.41, 5.74) is 0. The minimum Gasteiger partial charge on any atom is -0.464 e. The van der Waals surface area contributed by atoms with Crippen molar-refractivity contribution in [3.63, 3.8) is 0 Å². The molecule has 0 aliphatic carbocycles. The zero-order chi connectivity index (χ0) is 10.2. The van der Waals surface area contributed by atoms with Gasteiger partial charge >= 0.3 is 5.97 Å². The Morgan fingerprint density at radius 1 is 1.29 bits per heavy atom.